The predicted molar refractivity (Wildman–Crippen MR) is 75.9 cm³/mol. The van der Waals surface area contributed by atoms with Gasteiger partial charge in [-0.2, -0.15) is 0 Å². The Morgan fingerprint density at radius 3 is 2.16 bits per heavy atom. The standard InChI is InChI=1S/C13H12N.CH3O2S.Pd/c1-14-13-10-6-5-9-12(13)11-7-3-2-4-8-11;1-4(2)3;/h2-7,9-10,14H,1H3;1H3;. The summed E-state index contributed by atoms with van der Waals surface area (Å²) in [4.78, 5) is 0. The van der Waals surface area contributed by atoms with Crippen LogP contribution in [-0.2, 0) is 24.4 Å². The van der Waals surface area contributed by atoms with Gasteiger partial charge in [0.05, 0.1) is 0 Å². The molecule has 0 spiro atoms. The molecule has 0 aliphatic rings. The van der Waals surface area contributed by atoms with Gasteiger partial charge >= 0.3 is 121 Å². The number of rotatable bonds is 4. The predicted octanol–water partition coefficient (Wildman–Crippen LogP) is 2.06. The van der Waals surface area contributed by atoms with Crippen LogP contribution in [-0.4, -0.2) is 21.7 Å². The zero-order valence-electron chi connectivity index (χ0n) is 10.7. The van der Waals surface area contributed by atoms with E-state index in [1.165, 1.54) is 6.26 Å². The summed E-state index contributed by atoms with van der Waals surface area (Å²) in [5.74, 6) is 0. The molecule has 0 aliphatic heterocycles. The maximum absolute atomic E-state index is 11.5. The van der Waals surface area contributed by atoms with E-state index in [4.69, 9.17) is 0 Å². The van der Waals surface area contributed by atoms with Gasteiger partial charge in [0.25, 0.3) is 0 Å². The molecule has 0 atom stereocenters. The molecule has 0 bridgehead atoms. The summed E-state index contributed by atoms with van der Waals surface area (Å²) < 4.78 is 24.0. The van der Waals surface area contributed by atoms with Crippen molar-refractivity contribution in [1.29, 1.82) is 0 Å². The average Bonchev–Trinajstić information content (AvgIpc) is 2.37. The van der Waals surface area contributed by atoms with Crippen LogP contribution in [0.1, 0.15) is 0 Å². The summed E-state index contributed by atoms with van der Waals surface area (Å²) in [6.45, 7) is 0. The van der Waals surface area contributed by atoms with E-state index in [0.717, 1.165) is 20.9 Å². The van der Waals surface area contributed by atoms with Crippen molar-refractivity contribution >= 4 is 17.4 Å². The van der Waals surface area contributed by atoms with Crippen LogP contribution >= 0.6 is 0 Å². The van der Waals surface area contributed by atoms with Crippen molar-refractivity contribution in [3.63, 3.8) is 0 Å². The van der Waals surface area contributed by atoms with E-state index < -0.39 is 24.4 Å². The van der Waals surface area contributed by atoms with E-state index in [0.29, 0.717) is 0 Å². The van der Waals surface area contributed by atoms with E-state index in [-0.39, 0.29) is 0 Å². The van der Waals surface area contributed by atoms with Crippen LogP contribution in [0.3, 0.4) is 0 Å². The average molecular weight is 368 g/mol. The Hall–Kier alpha value is -1.15. The number of nitrogens with one attached hydrogen (secondary N) is 1. The number of anilines is 1. The number of benzene rings is 2. The van der Waals surface area contributed by atoms with Gasteiger partial charge in [0.2, 0.25) is 0 Å². The number of hydrogen-bond acceptors (Lipinski definition) is 3. The normalized spacial score (nSPS) is 11.5. The first kappa shape index (κ1) is 14.3. The number of para-hydroxylation sites is 1. The van der Waals surface area contributed by atoms with E-state index in [1.807, 2.05) is 55.6 Å². The summed E-state index contributed by atoms with van der Waals surface area (Å²) >= 11 is -0.441. The molecule has 0 saturated carbocycles. The first-order valence-electron chi connectivity index (χ1n) is 5.68. The molecule has 0 fully saturated rings. The minimum absolute atomic E-state index is 0.441. The third-order valence-electron chi connectivity index (χ3n) is 2.52. The van der Waals surface area contributed by atoms with Crippen LogP contribution < -0.4 is 9.35 Å². The molecule has 0 saturated heterocycles. The molecular formula is C14H15NO2PdS. The first-order chi connectivity index (χ1) is 9.01. The molecule has 0 unspecified atom stereocenters. The molecular weight excluding hydrogens is 353 g/mol. The van der Waals surface area contributed by atoms with Gasteiger partial charge in [-0.3, -0.25) is 0 Å². The van der Waals surface area contributed by atoms with E-state index >= 15 is 0 Å². The van der Waals surface area contributed by atoms with Gasteiger partial charge in [-0.15, -0.1) is 0 Å². The fourth-order valence-corrected chi connectivity index (χ4v) is 5.33. The molecule has 0 radical (unpaired) electrons. The van der Waals surface area contributed by atoms with Gasteiger partial charge in [0.15, 0.2) is 0 Å². The van der Waals surface area contributed by atoms with Gasteiger partial charge in [-0.1, -0.05) is 0 Å². The zero-order valence-corrected chi connectivity index (χ0v) is 13.0. The van der Waals surface area contributed by atoms with Gasteiger partial charge in [-0.25, -0.2) is 0 Å². The molecule has 19 heavy (non-hydrogen) atoms. The maximum atomic E-state index is 11.5. The van der Waals surface area contributed by atoms with Crippen LogP contribution in [0.5, 0.6) is 0 Å². The summed E-state index contributed by atoms with van der Waals surface area (Å²) in [6.07, 6.45) is 1.28. The van der Waals surface area contributed by atoms with E-state index in [9.17, 15) is 8.42 Å². The molecule has 0 amide bonds. The van der Waals surface area contributed by atoms with Gasteiger partial charge in [0.1, 0.15) is 0 Å². The minimum atomic E-state index is -3.00. The Balaban J connectivity index is 2.56. The zero-order chi connectivity index (χ0) is 13.9. The summed E-state index contributed by atoms with van der Waals surface area (Å²) in [6, 6.07) is 15.6. The van der Waals surface area contributed by atoms with Crippen molar-refractivity contribution in [3.8, 4) is 11.1 Å². The second-order valence-electron chi connectivity index (χ2n) is 3.94. The third-order valence-corrected chi connectivity index (χ3v) is 6.33. The van der Waals surface area contributed by atoms with Gasteiger partial charge < -0.3 is 0 Å². The molecule has 2 aromatic rings. The van der Waals surface area contributed by atoms with Gasteiger partial charge in [-0.05, 0) is 0 Å². The second kappa shape index (κ2) is 5.87. The fourth-order valence-electron chi connectivity index (χ4n) is 1.78. The Morgan fingerprint density at radius 1 is 0.947 bits per heavy atom. The van der Waals surface area contributed by atoms with Crippen molar-refractivity contribution < 1.29 is 25.1 Å². The molecule has 0 aliphatic carbocycles. The Bertz CT molecular complexity index is 683. The SMILES string of the molecule is CNc1ccccc1-c1cccc[c]1[Pd][S](C)(=O)=O. The summed E-state index contributed by atoms with van der Waals surface area (Å²) in [5, 5.41) is 3.14. The third kappa shape index (κ3) is 3.66. The van der Waals surface area contributed by atoms with E-state index in [1.54, 1.807) is 0 Å². The van der Waals surface area contributed by atoms with Crippen LogP contribution in [0.2, 0.25) is 0 Å². The molecule has 2 rings (SSSR count). The van der Waals surface area contributed by atoms with Crippen LogP contribution in [0.4, 0.5) is 5.69 Å². The Morgan fingerprint density at radius 2 is 1.53 bits per heavy atom. The van der Waals surface area contributed by atoms with Crippen LogP contribution in [0, 0.1) is 0 Å². The van der Waals surface area contributed by atoms with Crippen molar-refractivity contribution in [2.45, 2.75) is 0 Å². The topological polar surface area (TPSA) is 46.2 Å². The summed E-state index contributed by atoms with van der Waals surface area (Å²) in [5.41, 5.74) is 3.01. The van der Waals surface area contributed by atoms with Crippen LogP contribution in [0.25, 0.3) is 11.1 Å². The van der Waals surface area contributed by atoms with Crippen molar-refractivity contribution in [2.24, 2.45) is 0 Å². The quantitative estimate of drug-likeness (QED) is 0.841. The van der Waals surface area contributed by atoms with Crippen LogP contribution in [0.15, 0.2) is 48.5 Å². The van der Waals surface area contributed by atoms with Crippen molar-refractivity contribution in [1.82, 2.24) is 0 Å². The number of hydrogen-bond donors (Lipinski definition) is 1. The monoisotopic (exact) mass is 367 g/mol. The Kier molecular flexibility index (Phi) is 4.41. The van der Waals surface area contributed by atoms with Crippen molar-refractivity contribution in [3.05, 3.63) is 48.5 Å². The van der Waals surface area contributed by atoms with Gasteiger partial charge in [0, 0.05) is 0 Å². The molecule has 3 nitrogen and oxygen atoms in total. The molecule has 5 heteroatoms. The molecule has 1 N–H and O–H groups in total. The fraction of sp³-hybridized carbons (Fsp3) is 0.143. The summed E-state index contributed by atoms with van der Waals surface area (Å²) in [7, 11) is -1.13. The van der Waals surface area contributed by atoms with Crippen molar-refractivity contribution in [2.75, 3.05) is 18.6 Å². The van der Waals surface area contributed by atoms with E-state index in [2.05, 4.69) is 5.32 Å². The second-order valence-corrected chi connectivity index (χ2v) is 10.6. The first-order valence-corrected chi connectivity index (χ1v) is 10.1. The molecule has 2 aromatic carbocycles. The molecule has 0 aromatic heterocycles. The molecule has 0 heterocycles. The Labute approximate surface area is 120 Å². The molecule has 104 valence electrons.